The van der Waals surface area contributed by atoms with Gasteiger partial charge in [-0.15, -0.1) is 0 Å². The Kier molecular flexibility index (Phi) is 2.85. The van der Waals surface area contributed by atoms with Crippen LogP contribution in [-0.4, -0.2) is 16.1 Å². The van der Waals surface area contributed by atoms with Crippen LogP contribution in [0.4, 0.5) is 5.13 Å². The Morgan fingerprint density at radius 2 is 1.88 bits per heavy atom. The number of nitrogen functional groups attached to an aromatic ring is 1. The van der Waals surface area contributed by atoms with Crippen LogP contribution in [0, 0.1) is 13.8 Å². The fourth-order valence-corrected chi connectivity index (χ4v) is 2.59. The quantitative estimate of drug-likeness (QED) is 0.856. The Morgan fingerprint density at radius 1 is 1.29 bits per heavy atom. The zero-order chi connectivity index (χ0) is 12.6. The summed E-state index contributed by atoms with van der Waals surface area (Å²) >= 11 is 1.20. The van der Waals surface area contributed by atoms with E-state index < -0.39 is 5.97 Å². The molecule has 0 unspecified atom stereocenters. The van der Waals surface area contributed by atoms with Crippen LogP contribution in [-0.2, 0) is 0 Å². The molecule has 5 heteroatoms. The smallest absolute Gasteiger partial charge is 0.356 e. The van der Waals surface area contributed by atoms with Gasteiger partial charge in [0.1, 0.15) is 0 Å². The molecule has 17 heavy (non-hydrogen) atoms. The molecule has 88 valence electrons. The summed E-state index contributed by atoms with van der Waals surface area (Å²) in [6.07, 6.45) is 0. The van der Waals surface area contributed by atoms with Gasteiger partial charge in [0.25, 0.3) is 0 Å². The summed E-state index contributed by atoms with van der Waals surface area (Å²) in [5.41, 5.74) is 8.63. The van der Waals surface area contributed by atoms with Crippen molar-refractivity contribution >= 4 is 22.4 Å². The predicted octanol–water partition coefficient (Wildman–Crippen LogP) is 2.71. The van der Waals surface area contributed by atoms with Crippen LogP contribution >= 0.6 is 11.3 Å². The Morgan fingerprint density at radius 3 is 2.41 bits per heavy atom. The molecule has 1 aromatic carbocycles. The number of carbonyl (C=O) groups is 1. The van der Waals surface area contributed by atoms with Crippen molar-refractivity contribution in [2.24, 2.45) is 0 Å². The fraction of sp³-hybridized carbons (Fsp3) is 0.167. The Balaban J connectivity index is 2.63. The molecule has 0 radical (unpaired) electrons. The first kappa shape index (κ1) is 11.6. The van der Waals surface area contributed by atoms with E-state index in [4.69, 9.17) is 10.8 Å². The van der Waals surface area contributed by atoms with E-state index in [0.29, 0.717) is 4.88 Å². The zero-order valence-corrected chi connectivity index (χ0v) is 10.3. The summed E-state index contributed by atoms with van der Waals surface area (Å²) in [4.78, 5) is 15.5. The summed E-state index contributed by atoms with van der Waals surface area (Å²) in [6, 6.07) is 5.91. The lowest BCUT2D eigenvalue weighted by molar-refractivity contribution is 0.0692. The lowest BCUT2D eigenvalue weighted by Gasteiger charge is -2.03. The van der Waals surface area contributed by atoms with E-state index in [1.54, 1.807) is 0 Å². The Hall–Kier alpha value is -1.88. The van der Waals surface area contributed by atoms with Crippen LogP contribution in [0.2, 0.25) is 0 Å². The van der Waals surface area contributed by atoms with Crippen LogP contribution in [0.5, 0.6) is 0 Å². The SMILES string of the molecule is Cc1cc(C)cc(-c2sc(N)nc2C(=O)O)c1. The third-order valence-corrected chi connectivity index (χ3v) is 3.26. The van der Waals surface area contributed by atoms with Crippen molar-refractivity contribution in [3.63, 3.8) is 0 Å². The Labute approximate surface area is 103 Å². The van der Waals surface area contributed by atoms with E-state index in [0.717, 1.165) is 16.7 Å². The van der Waals surface area contributed by atoms with Gasteiger partial charge in [-0.2, -0.15) is 0 Å². The zero-order valence-electron chi connectivity index (χ0n) is 9.52. The molecule has 0 amide bonds. The minimum atomic E-state index is -1.05. The largest absolute Gasteiger partial charge is 0.476 e. The summed E-state index contributed by atoms with van der Waals surface area (Å²) in [5.74, 6) is -1.05. The number of aromatic carboxylic acids is 1. The van der Waals surface area contributed by atoms with Gasteiger partial charge in [0.15, 0.2) is 10.8 Å². The van der Waals surface area contributed by atoms with E-state index in [1.165, 1.54) is 11.3 Å². The molecule has 0 bridgehead atoms. The third-order valence-electron chi connectivity index (χ3n) is 2.33. The number of benzene rings is 1. The van der Waals surface area contributed by atoms with Crippen LogP contribution in [0.15, 0.2) is 18.2 Å². The minimum absolute atomic E-state index is 0.0255. The highest BCUT2D eigenvalue weighted by molar-refractivity contribution is 7.19. The topological polar surface area (TPSA) is 76.2 Å². The van der Waals surface area contributed by atoms with Gasteiger partial charge in [-0.25, -0.2) is 9.78 Å². The second-order valence-corrected chi connectivity index (χ2v) is 4.94. The maximum Gasteiger partial charge on any atom is 0.356 e. The molecule has 2 rings (SSSR count). The van der Waals surface area contributed by atoms with Gasteiger partial charge >= 0.3 is 5.97 Å². The van der Waals surface area contributed by atoms with E-state index >= 15 is 0 Å². The first-order valence-electron chi connectivity index (χ1n) is 5.05. The van der Waals surface area contributed by atoms with Gasteiger partial charge in [0.2, 0.25) is 0 Å². The van der Waals surface area contributed by atoms with Gasteiger partial charge in [0, 0.05) is 0 Å². The van der Waals surface area contributed by atoms with E-state index in [9.17, 15) is 4.79 Å². The number of rotatable bonds is 2. The normalized spacial score (nSPS) is 10.5. The Bertz CT molecular complexity index is 570. The third kappa shape index (κ3) is 2.29. The molecule has 0 aliphatic carbocycles. The number of nitrogens with two attached hydrogens (primary N) is 1. The lowest BCUT2D eigenvalue weighted by Crippen LogP contribution is -1.99. The molecule has 4 nitrogen and oxygen atoms in total. The average Bonchev–Trinajstić information content (AvgIpc) is 2.59. The van der Waals surface area contributed by atoms with Gasteiger partial charge in [-0.1, -0.05) is 40.7 Å². The van der Waals surface area contributed by atoms with E-state index in [-0.39, 0.29) is 10.8 Å². The lowest BCUT2D eigenvalue weighted by atomic mass is 10.1. The highest BCUT2D eigenvalue weighted by Crippen LogP contribution is 2.32. The molecule has 0 aliphatic rings. The molecule has 0 saturated carbocycles. The van der Waals surface area contributed by atoms with Crippen LogP contribution in [0.25, 0.3) is 10.4 Å². The van der Waals surface area contributed by atoms with Crippen LogP contribution < -0.4 is 5.73 Å². The maximum absolute atomic E-state index is 11.1. The molecule has 1 aromatic heterocycles. The second-order valence-electron chi connectivity index (χ2n) is 3.91. The first-order valence-corrected chi connectivity index (χ1v) is 5.87. The first-order chi connectivity index (χ1) is 7.97. The van der Waals surface area contributed by atoms with Gasteiger partial charge in [-0.05, 0) is 19.4 Å². The molecule has 3 N–H and O–H groups in total. The fourth-order valence-electron chi connectivity index (χ4n) is 1.78. The summed E-state index contributed by atoms with van der Waals surface area (Å²) in [5, 5.41) is 9.34. The number of anilines is 1. The molecular weight excluding hydrogens is 236 g/mol. The van der Waals surface area contributed by atoms with E-state index in [1.807, 2.05) is 32.0 Å². The maximum atomic E-state index is 11.1. The number of carboxylic acids is 1. The van der Waals surface area contributed by atoms with Gasteiger partial charge in [-0.3, -0.25) is 0 Å². The average molecular weight is 248 g/mol. The van der Waals surface area contributed by atoms with Crippen molar-refractivity contribution in [1.82, 2.24) is 4.98 Å². The molecule has 0 aliphatic heterocycles. The molecule has 0 spiro atoms. The highest BCUT2D eigenvalue weighted by atomic mass is 32.1. The number of thiazole rings is 1. The number of nitrogens with zero attached hydrogens (tertiary/aromatic N) is 1. The van der Waals surface area contributed by atoms with Gasteiger partial charge < -0.3 is 10.8 Å². The van der Waals surface area contributed by atoms with Crippen LogP contribution in [0.1, 0.15) is 21.6 Å². The van der Waals surface area contributed by atoms with Crippen molar-refractivity contribution in [2.75, 3.05) is 5.73 Å². The molecule has 0 saturated heterocycles. The van der Waals surface area contributed by atoms with Crippen LogP contribution in [0.3, 0.4) is 0 Å². The molecule has 0 fully saturated rings. The number of carboxylic acid groups (broad SMARTS) is 1. The number of hydrogen-bond acceptors (Lipinski definition) is 4. The molecule has 0 atom stereocenters. The molecule has 1 heterocycles. The van der Waals surface area contributed by atoms with Crippen molar-refractivity contribution in [1.29, 1.82) is 0 Å². The van der Waals surface area contributed by atoms with Crippen molar-refractivity contribution in [2.45, 2.75) is 13.8 Å². The standard InChI is InChI=1S/C12H12N2O2S/c1-6-3-7(2)5-8(4-6)10-9(11(15)16)14-12(13)17-10/h3-5H,1-2H3,(H2,13,14)(H,15,16). The number of aryl methyl sites for hydroxylation is 2. The summed E-state index contributed by atoms with van der Waals surface area (Å²) in [7, 11) is 0. The highest BCUT2D eigenvalue weighted by Gasteiger charge is 2.17. The molecular formula is C12H12N2O2S. The molecule has 2 aromatic rings. The van der Waals surface area contributed by atoms with Crippen molar-refractivity contribution in [3.8, 4) is 10.4 Å². The van der Waals surface area contributed by atoms with Crippen molar-refractivity contribution < 1.29 is 9.90 Å². The minimum Gasteiger partial charge on any atom is -0.476 e. The van der Waals surface area contributed by atoms with Gasteiger partial charge in [0.05, 0.1) is 4.88 Å². The van der Waals surface area contributed by atoms with Crippen molar-refractivity contribution in [3.05, 3.63) is 35.0 Å². The number of aromatic nitrogens is 1. The second kappa shape index (κ2) is 4.18. The monoisotopic (exact) mass is 248 g/mol. The predicted molar refractivity (Wildman–Crippen MR) is 68.4 cm³/mol. The number of hydrogen-bond donors (Lipinski definition) is 2. The summed E-state index contributed by atoms with van der Waals surface area (Å²) in [6.45, 7) is 3.95. The van der Waals surface area contributed by atoms with E-state index in [2.05, 4.69) is 4.98 Å². The summed E-state index contributed by atoms with van der Waals surface area (Å²) < 4.78 is 0.